The fraction of sp³-hybridized carbons (Fsp3) is 0.588. The highest BCUT2D eigenvalue weighted by Crippen LogP contribution is 2.14. The first-order valence-corrected chi connectivity index (χ1v) is 8.43. The molecular weight excluding hydrogens is 306 g/mol. The first-order valence-electron chi connectivity index (χ1n) is 8.43. The molecule has 1 aromatic heterocycles. The molecule has 1 fully saturated rings. The Hall–Kier alpha value is -2.15. The van der Waals surface area contributed by atoms with Crippen LogP contribution in [0.25, 0.3) is 0 Å². The first kappa shape index (κ1) is 18.2. The highest BCUT2D eigenvalue weighted by molar-refractivity contribution is 5.99. The molecule has 0 bridgehead atoms. The number of piperazine rings is 1. The molecule has 132 valence electrons. The third-order valence-corrected chi connectivity index (χ3v) is 4.25. The highest BCUT2D eigenvalue weighted by Gasteiger charge is 2.20. The molecule has 0 saturated carbocycles. The second kappa shape index (κ2) is 8.63. The number of carbonyl (C=O) groups is 2. The highest BCUT2D eigenvalue weighted by atomic mass is 16.2. The maximum atomic E-state index is 12.3. The second-order valence-corrected chi connectivity index (χ2v) is 6.09. The maximum Gasteiger partial charge on any atom is 0.255 e. The summed E-state index contributed by atoms with van der Waals surface area (Å²) < 4.78 is 0. The van der Waals surface area contributed by atoms with Crippen LogP contribution in [0.2, 0.25) is 0 Å². The van der Waals surface area contributed by atoms with Gasteiger partial charge in [0.15, 0.2) is 0 Å². The van der Waals surface area contributed by atoms with Crippen LogP contribution in [-0.4, -0.2) is 80.0 Å². The van der Waals surface area contributed by atoms with Crippen molar-refractivity contribution < 1.29 is 9.59 Å². The number of hydrogen-bond acceptors (Lipinski definition) is 5. The molecule has 0 unspecified atom stereocenters. The van der Waals surface area contributed by atoms with Gasteiger partial charge in [-0.1, -0.05) is 6.92 Å². The van der Waals surface area contributed by atoms with Crippen molar-refractivity contribution in [1.82, 2.24) is 20.1 Å². The number of hydrogen-bond donors (Lipinski definition) is 1. The molecule has 24 heavy (non-hydrogen) atoms. The lowest BCUT2D eigenvalue weighted by atomic mass is 10.2. The maximum absolute atomic E-state index is 12.3. The van der Waals surface area contributed by atoms with Gasteiger partial charge in [-0.2, -0.15) is 0 Å². The van der Waals surface area contributed by atoms with Gasteiger partial charge < -0.3 is 20.0 Å². The molecule has 0 atom stereocenters. The van der Waals surface area contributed by atoms with Gasteiger partial charge in [0.2, 0.25) is 5.91 Å². The van der Waals surface area contributed by atoms with E-state index in [0.29, 0.717) is 24.3 Å². The lowest BCUT2D eigenvalue weighted by Crippen LogP contribution is -2.49. The monoisotopic (exact) mass is 333 g/mol. The average molecular weight is 333 g/mol. The lowest BCUT2D eigenvalue weighted by Gasteiger charge is -2.34. The molecule has 0 spiro atoms. The molecule has 1 aromatic rings. The van der Waals surface area contributed by atoms with Crippen LogP contribution in [0.3, 0.4) is 0 Å². The summed E-state index contributed by atoms with van der Waals surface area (Å²) in [5.74, 6) is 0.525. The van der Waals surface area contributed by atoms with Crippen LogP contribution >= 0.6 is 0 Å². The molecule has 1 saturated heterocycles. The number of pyridine rings is 1. The fourth-order valence-corrected chi connectivity index (χ4v) is 2.78. The molecule has 7 heteroatoms. The number of anilines is 1. The van der Waals surface area contributed by atoms with E-state index in [9.17, 15) is 9.59 Å². The van der Waals surface area contributed by atoms with Crippen molar-refractivity contribution in [3.63, 3.8) is 0 Å². The molecule has 1 N–H and O–H groups in total. The normalized spacial score (nSPS) is 15.2. The predicted molar refractivity (Wildman–Crippen MR) is 94.2 cm³/mol. The SMILES string of the molecule is CCN1CCN(C(=O)CCNC(=O)c2cccnc2N(C)C)CC1. The van der Waals surface area contributed by atoms with Crippen molar-refractivity contribution in [2.75, 3.05) is 58.3 Å². The minimum absolute atomic E-state index is 0.102. The van der Waals surface area contributed by atoms with Crippen LogP contribution < -0.4 is 10.2 Å². The molecule has 1 aliphatic heterocycles. The molecule has 0 aliphatic carbocycles. The Kier molecular flexibility index (Phi) is 6.54. The molecule has 0 radical (unpaired) electrons. The molecular formula is C17H27N5O2. The molecule has 2 rings (SSSR count). The zero-order chi connectivity index (χ0) is 17.5. The summed E-state index contributed by atoms with van der Waals surface area (Å²) in [5, 5.41) is 2.82. The smallest absolute Gasteiger partial charge is 0.255 e. The summed E-state index contributed by atoms with van der Waals surface area (Å²) in [5.41, 5.74) is 0.520. The van der Waals surface area contributed by atoms with E-state index in [0.717, 1.165) is 32.7 Å². The fourth-order valence-electron chi connectivity index (χ4n) is 2.78. The number of nitrogens with zero attached hydrogens (tertiary/aromatic N) is 4. The van der Waals surface area contributed by atoms with Crippen LogP contribution in [0.5, 0.6) is 0 Å². The number of carbonyl (C=O) groups excluding carboxylic acids is 2. The Balaban J connectivity index is 1.80. The third-order valence-electron chi connectivity index (χ3n) is 4.25. The number of amides is 2. The van der Waals surface area contributed by atoms with Crippen molar-refractivity contribution in [3.8, 4) is 0 Å². The number of nitrogens with one attached hydrogen (secondary N) is 1. The van der Waals surface area contributed by atoms with Gasteiger partial charge in [0.05, 0.1) is 5.56 Å². The van der Waals surface area contributed by atoms with Gasteiger partial charge in [0, 0.05) is 59.4 Å². The van der Waals surface area contributed by atoms with Crippen molar-refractivity contribution in [2.45, 2.75) is 13.3 Å². The average Bonchev–Trinajstić information content (AvgIpc) is 2.61. The summed E-state index contributed by atoms with van der Waals surface area (Å²) in [6.45, 7) is 6.90. The van der Waals surface area contributed by atoms with Crippen molar-refractivity contribution in [2.24, 2.45) is 0 Å². The van der Waals surface area contributed by atoms with E-state index < -0.39 is 0 Å². The minimum atomic E-state index is -0.199. The largest absolute Gasteiger partial charge is 0.362 e. The van der Waals surface area contributed by atoms with E-state index in [1.807, 2.05) is 19.0 Å². The van der Waals surface area contributed by atoms with E-state index in [1.54, 1.807) is 23.2 Å². The standard InChI is InChI=1S/C17H27N5O2/c1-4-21-10-12-22(13-11-21)15(23)7-9-19-17(24)14-6-5-8-18-16(14)20(2)3/h5-6,8H,4,7,9-13H2,1-3H3,(H,19,24). The molecule has 2 amide bonds. The summed E-state index contributed by atoms with van der Waals surface area (Å²) in [6, 6.07) is 3.48. The number of likely N-dealkylation sites (N-methyl/N-ethyl adjacent to an activating group) is 1. The minimum Gasteiger partial charge on any atom is -0.362 e. The van der Waals surface area contributed by atoms with Crippen LogP contribution in [0.15, 0.2) is 18.3 Å². The van der Waals surface area contributed by atoms with Gasteiger partial charge in [-0.3, -0.25) is 9.59 Å². The Labute approximate surface area is 143 Å². The number of rotatable bonds is 6. The Morgan fingerprint density at radius 2 is 1.96 bits per heavy atom. The van der Waals surface area contributed by atoms with Gasteiger partial charge >= 0.3 is 0 Å². The summed E-state index contributed by atoms with van der Waals surface area (Å²) in [7, 11) is 3.69. The van der Waals surface area contributed by atoms with Gasteiger partial charge in [0.25, 0.3) is 5.91 Å². The predicted octanol–water partition coefficient (Wildman–Crippen LogP) is 0.432. The van der Waals surface area contributed by atoms with E-state index in [1.165, 1.54) is 0 Å². The van der Waals surface area contributed by atoms with Crippen molar-refractivity contribution >= 4 is 17.6 Å². The Morgan fingerprint density at radius 3 is 2.58 bits per heavy atom. The molecule has 0 aromatic carbocycles. The Morgan fingerprint density at radius 1 is 1.25 bits per heavy atom. The summed E-state index contributed by atoms with van der Waals surface area (Å²) >= 11 is 0. The second-order valence-electron chi connectivity index (χ2n) is 6.09. The zero-order valence-corrected chi connectivity index (χ0v) is 14.8. The summed E-state index contributed by atoms with van der Waals surface area (Å²) in [6.07, 6.45) is 1.99. The quantitative estimate of drug-likeness (QED) is 0.818. The van der Waals surface area contributed by atoms with E-state index in [2.05, 4.69) is 22.1 Å². The zero-order valence-electron chi connectivity index (χ0n) is 14.8. The van der Waals surface area contributed by atoms with Gasteiger partial charge in [0.1, 0.15) is 5.82 Å². The Bertz CT molecular complexity index is 568. The van der Waals surface area contributed by atoms with Crippen LogP contribution in [0.4, 0.5) is 5.82 Å². The van der Waals surface area contributed by atoms with Crippen molar-refractivity contribution in [1.29, 1.82) is 0 Å². The van der Waals surface area contributed by atoms with Crippen LogP contribution in [-0.2, 0) is 4.79 Å². The van der Waals surface area contributed by atoms with E-state index in [-0.39, 0.29) is 11.8 Å². The lowest BCUT2D eigenvalue weighted by molar-refractivity contribution is -0.132. The molecule has 1 aliphatic rings. The number of aromatic nitrogens is 1. The van der Waals surface area contributed by atoms with E-state index in [4.69, 9.17) is 0 Å². The third kappa shape index (κ3) is 4.67. The molecule has 2 heterocycles. The topological polar surface area (TPSA) is 68.8 Å². The molecule has 7 nitrogen and oxygen atoms in total. The van der Waals surface area contributed by atoms with Gasteiger partial charge in [-0.25, -0.2) is 4.98 Å². The van der Waals surface area contributed by atoms with Crippen LogP contribution in [0.1, 0.15) is 23.7 Å². The van der Waals surface area contributed by atoms with Crippen molar-refractivity contribution in [3.05, 3.63) is 23.9 Å². The van der Waals surface area contributed by atoms with Crippen LogP contribution in [0, 0.1) is 0 Å². The summed E-state index contributed by atoms with van der Waals surface area (Å²) in [4.78, 5) is 34.7. The first-order chi connectivity index (χ1) is 11.5. The van der Waals surface area contributed by atoms with Gasteiger partial charge in [-0.15, -0.1) is 0 Å². The van der Waals surface area contributed by atoms with Gasteiger partial charge in [-0.05, 0) is 18.7 Å². The van der Waals surface area contributed by atoms with E-state index >= 15 is 0 Å².